The standard InChI is InChI=1S/C18H23N5O2/c1-10-5-4-6-14-16(10)20-12(3)13(17(14)24)8-7-11(2)19-9-15-21-18(25)23-22-15/h4-6,11,19H,7-9H2,1-3H3,(H,20,24)(H2,21,22,23,25). The van der Waals surface area contributed by atoms with Crippen molar-refractivity contribution in [2.45, 2.75) is 46.2 Å². The number of para-hydroxylation sites is 1. The van der Waals surface area contributed by atoms with Gasteiger partial charge in [0.25, 0.3) is 0 Å². The number of hydrogen-bond donors (Lipinski definition) is 4. The maximum Gasteiger partial charge on any atom is 0.340 e. The average Bonchev–Trinajstić information content (AvgIpc) is 2.99. The zero-order chi connectivity index (χ0) is 18.0. The molecule has 1 unspecified atom stereocenters. The first kappa shape index (κ1) is 17.2. The van der Waals surface area contributed by atoms with Crippen LogP contribution in [0.1, 0.15) is 36.0 Å². The summed E-state index contributed by atoms with van der Waals surface area (Å²) in [6.07, 6.45) is 1.51. The normalized spacial score (nSPS) is 12.6. The van der Waals surface area contributed by atoms with Crippen LogP contribution in [0.3, 0.4) is 0 Å². The predicted molar refractivity (Wildman–Crippen MR) is 97.9 cm³/mol. The van der Waals surface area contributed by atoms with E-state index in [2.05, 4.69) is 32.4 Å². The first-order valence-corrected chi connectivity index (χ1v) is 8.43. The summed E-state index contributed by atoms with van der Waals surface area (Å²) in [5, 5.41) is 10.3. The van der Waals surface area contributed by atoms with Gasteiger partial charge in [-0.1, -0.05) is 12.1 Å². The molecule has 0 aliphatic heterocycles. The van der Waals surface area contributed by atoms with Crippen molar-refractivity contribution in [1.29, 1.82) is 0 Å². The lowest BCUT2D eigenvalue weighted by Crippen LogP contribution is -2.27. The van der Waals surface area contributed by atoms with E-state index in [9.17, 15) is 9.59 Å². The van der Waals surface area contributed by atoms with Crippen LogP contribution in [0.4, 0.5) is 0 Å². The van der Waals surface area contributed by atoms with Crippen LogP contribution >= 0.6 is 0 Å². The van der Waals surface area contributed by atoms with Crippen molar-refractivity contribution in [2.75, 3.05) is 0 Å². The summed E-state index contributed by atoms with van der Waals surface area (Å²) in [5.41, 5.74) is 3.56. The number of nitrogens with one attached hydrogen (secondary N) is 4. The third kappa shape index (κ3) is 3.71. The Labute approximate surface area is 144 Å². The zero-order valence-electron chi connectivity index (χ0n) is 14.7. The Morgan fingerprint density at radius 3 is 2.72 bits per heavy atom. The molecule has 2 heterocycles. The van der Waals surface area contributed by atoms with Crippen LogP contribution in [0.5, 0.6) is 0 Å². The number of H-pyrrole nitrogens is 3. The molecule has 2 aromatic heterocycles. The summed E-state index contributed by atoms with van der Waals surface area (Å²) in [6, 6.07) is 5.98. The molecule has 1 atom stereocenters. The molecule has 25 heavy (non-hydrogen) atoms. The number of benzene rings is 1. The highest BCUT2D eigenvalue weighted by Gasteiger charge is 2.12. The van der Waals surface area contributed by atoms with Gasteiger partial charge < -0.3 is 10.3 Å². The summed E-state index contributed by atoms with van der Waals surface area (Å²) in [4.78, 5) is 29.8. The minimum absolute atomic E-state index is 0.110. The second-order valence-corrected chi connectivity index (χ2v) is 6.50. The highest BCUT2D eigenvalue weighted by atomic mass is 16.1. The van der Waals surface area contributed by atoms with Crippen LogP contribution in [0.2, 0.25) is 0 Å². The maximum atomic E-state index is 12.8. The van der Waals surface area contributed by atoms with Crippen molar-refractivity contribution in [1.82, 2.24) is 25.5 Å². The number of aryl methyl sites for hydroxylation is 2. The Hall–Kier alpha value is -2.67. The van der Waals surface area contributed by atoms with Gasteiger partial charge in [-0.05, 0) is 45.2 Å². The lowest BCUT2D eigenvalue weighted by Gasteiger charge is -2.14. The molecule has 0 spiro atoms. The van der Waals surface area contributed by atoms with Crippen molar-refractivity contribution >= 4 is 10.9 Å². The van der Waals surface area contributed by atoms with Crippen LogP contribution in [0, 0.1) is 13.8 Å². The molecule has 0 aliphatic rings. The fourth-order valence-corrected chi connectivity index (χ4v) is 3.04. The van der Waals surface area contributed by atoms with E-state index >= 15 is 0 Å². The summed E-state index contributed by atoms with van der Waals surface area (Å²) in [6.45, 7) is 6.49. The van der Waals surface area contributed by atoms with E-state index in [4.69, 9.17) is 0 Å². The van der Waals surface area contributed by atoms with Crippen LogP contribution in [-0.4, -0.2) is 26.2 Å². The van der Waals surface area contributed by atoms with Crippen LogP contribution in [-0.2, 0) is 13.0 Å². The van der Waals surface area contributed by atoms with E-state index in [1.165, 1.54) is 0 Å². The lowest BCUT2D eigenvalue weighted by atomic mass is 10.0. The van der Waals surface area contributed by atoms with Crippen molar-refractivity contribution < 1.29 is 0 Å². The molecule has 3 aromatic rings. The van der Waals surface area contributed by atoms with E-state index in [1.807, 2.05) is 32.0 Å². The van der Waals surface area contributed by atoms with E-state index in [-0.39, 0.29) is 17.2 Å². The van der Waals surface area contributed by atoms with Crippen molar-refractivity contribution in [3.63, 3.8) is 0 Å². The summed E-state index contributed by atoms with van der Waals surface area (Å²) >= 11 is 0. The van der Waals surface area contributed by atoms with Crippen LogP contribution in [0.25, 0.3) is 10.9 Å². The van der Waals surface area contributed by atoms with Gasteiger partial charge in [0.1, 0.15) is 5.82 Å². The van der Waals surface area contributed by atoms with Gasteiger partial charge in [0.15, 0.2) is 5.43 Å². The van der Waals surface area contributed by atoms with Crippen LogP contribution in [0.15, 0.2) is 27.8 Å². The third-order valence-corrected chi connectivity index (χ3v) is 4.55. The first-order valence-electron chi connectivity index (χ1n) is 8.43. The zero-order valence-corrected chi connectivity index (χ0v) is 14.7. The van der Waals surface area contributed by atoms with Gasteiger partial charge in [-0.2, -0.15) is 5.10 Å². The molecule has 7 heteroatoms. The number of nitrogens with zero attached hydrogens (tertiary/aromatic N) is 1. The molecule has 132 valence electrons. The molecular weight excluding hydrogens is 318 g/mol. The largest absolute Gasteiger partial charge is 0.358 e. The van der Waals surface area contributed by atoms with Gasteiger partial charge in [-0.15, -0.1) is 0 Å². The summed E-state index contributed by atoms with van der Waals surface area (Å²) < 4.78 is 0. The van der Waals surface area contributed by atoms with Crippen molar-refractivity contribution in [3.8, 4) is 0 Å². The smallest absolute Gasteiger partial charge is 0.340 e. The van der Waals surface area contributed by atoms with Crippen LogP contribution < -0.4 is 16.4 Å². The fraction of sp³-hybridized carbons (Fsp3) is 0.389. The van der Waals surface area contributed by atoms with Crippen molar-refractivity contribution in [3.05, 3.63) is 61.6 Å². The molecule has 0 amide bonds. The van der Waals surface area contributed by atoms with Gasteiger partial charge in [0, 0.05) is 22.7 Å². The highest BCUT2D eigenvalue weighted by Crippen LogP contribution is 2.16. The minimum Gasteiger partial charge on any atom is -0.358 e. The SMILES string of the molecule is Cc1[nH]c2c(C)cccc2c(=O)c1CCC(C)NCc1n[nH]c(=O)[nH]1. The van der Waals surface area contributed by atoms with Gasteiger partial charge >= 0.3 is 5.69 Å². The van der Waals surface area contributed by atoms with E-state index < -0.39 is 0 Å². The van der Waals surface area contributed by atoms with Gasteiger partial charge in [-0.25, -0.2) is 9.89 Å². The molecule has 0 fully saturated rings. The van der Waals surface area contributed by atoms with E-state index in [0.717, 1.165) is 34.1 Å². The molecule has 0 saturated carbocycles. The lowest BCUT2D eigenvalue weighted by molar-refractivity contribution is 0.504. The molecule has 3 rings (SSSR count). The Morgan fingerprint density at radius 1 is 1.20 bits per heavy atom. The number of aromatic amines is 3. The first-order chi connectivity index (χ1) is 12.0. The van der Waals surface area contributed by atoms with Gasteiger partial charge in [0.2, 0.25) is 0 Å². The van der Waals surface area contributed by atoms with Gasteiger partial charge in [-0.3, -0.25) is 9.78 Å². The third-order valence-electron chi connectivity index (χ3n) is 4.55. The number of aromatic nitrogens is 4. The number of hydrogen-bond acceptors (Lipinski definition) is 4. The molecule has 0 bridgehead atoms. The van der Waals surface area contributed by atoms with Gasteiger partial charge in [0.05, 0.1) is 12.1 Å². The molecule has 1 aromatic carbocycles. The molecule has 0 radical (unpaired) electrons. The molecular formula is C18H23N5O2. The second-order valence-electron chi connectivity index (χ2n) is 6.50. The predicted octanol–water partition coefficient (Wildman–Crippen LogP) is 1.67. The Balaban J connectivity index is 1.70. The Morgan fingerprint density at radius 2 is 2.00 bits per heavy atom. The highest BCUT2D eigenvalue weighted by molar-refractivity contribution is 5.82. The summed E-state index contributed by atoms with van der Waals surface area (Å²) in [5.74, 6) is 0.576. The fourth-order valence-electron chi connectivity index (χ4n) is 3.04. The Kier molecular flexibility index (Phi) is 4.85. The number of pyridine rings is 1. The average molecular weight is 341 g/mol. The van der Waals surface area contributed by atoms with Crippen molar-refractivity contribution in [2.24, 2.45) is 0 Å². The summed E-state index contributed by atoms with van der Waals surface area (Å²) in [7, 11) is 0. The second kappa shape index (κ2) is 7.06. The molecule has 0 saturated heterocycles. The number of rotatable bonds is 6. The Bertz CT molecular complexity index is 999. The molecule has 4 N–H and O–H groups in total. The molecule has 0 aliphatic carbocycles. The monoisotopic (exact) mass is 341 g/mol. The van der Waals surface area contributed by atoms with E-state index in [0.29, 0.717) is 18.8 Å². The number of fused-ring (bicyclic) bond motifs is 1. The minimum atomic E-state index is -0.307. The topological polar surface area (TPSA) is 106 Å². The maximum absolute atomic E-state index is 12.8. The van der Waals surface area contributed by atoms with E-state index in [1.54, 1.807) is 0 Å². The quantitative estimate of drug-likeness (QED) is 0.547. The molecule has 7 nitrogen and oxygen atoms in total.